The Morgan fingerprint density at radius 2 is 0.529 bits per heavy atom. The molecule has 104 valence electrons. The van der Waals surface area contributed by atoms with Gasteiger partial charge >= 0.3 is 21.7 Å². The summed E-state index contributed by atoms with van der Waals surface area (Å²) in [5.74, 6) is 0. The minimum Gasteiger partial charge on any atom is -0.332 e. The molecule has 0 spiro atoms. The zero-order valence-electron chi connectivity index (χ0n) is 13.6. The van der Waals surface area contributed by atoms with Crippen molar-refractivity contribution in [3.05, 3.63) is 25.7 Å². The molecule has 0 aliphatic heterocycles. The van der Waals surface area contributed by atoms with Crippen molar-refractivity contribution < 1.29 is 21.7 Å². The minimum atomic E-state index is 0. The van der Waals surface area contributed by atoms with E-state index in [-0.39, 0.29) is 21.7 Å². The molecule has 17 heavy (non-hydrogen) atoms. The molecule has 0 atom stereocenters. The maximum Gasteiger partial charge on any atom is 4.00 e. The average Bonchev–Trinajstić information content (AvgIpc) is 2.39. The van der Waals surface area contributed by atoms with E-state index in [0.717, 1.165) is 0 Å². The molecule has 0 aromatic rings. The van der Waals surface area contributed by atoms with Gasteiger partial charge in [-0.3, -0.25) is 0 Å². The maximum absolute atomic E-state index is 2.12. The monoisotopic (exact) mass is 276 g/mol. The predicted molar refractivity (Wildman–Crippen MR) is 81.1 cm³/mol. The van der Waals surface area contributed by atoms with E-state index >= 15 is 0 Å². The van der Waals surface area contributed by atoms with Crippen molar-refractivity contribution in [1.29, 1.82) is 0 Å². The minimum absolute atomic E-state index is 0. The van der Waals surface area contributed by atoms with Crippen LogP contribution < -0.4 is 0 Å². The van der Waals surface area contributed by atoms with E-state index in [1.807, 2.05) is 0 Å². The molecule has 0 amide bonds. The van der Waals surface area contributed by atoms with Crippen LogP contribution in [0.15, 0.2) is 0 Å². The SMILES string of the molecule is C[CH-]CC.C[CH-]CC.C[CH-]CC.C[CH-]CC.[Ti+4]. The van der Waals surface area contributed by atoms with Crippen LogP contribution in [0.5, 0.6) is 0 Å². The summed E-state index contributed by atoms with van der Waals surface area (Å²) in [7, 11) is 0. The van der Waals surface area contributed by atoms with Crippen LogP contribution in [0.4, 0.5) is 0 Å². The zero-order valence-corrected chi connectivity index (χ0v) is 15.2. The summed E-state index contributed by atoms with van der Waals surface area (Å²) in [6.45, 7) is 16.7. The normalized spacial score (nSPS) is 7.06. The molecule has 0 nitrogen and oxygen atoms in total. The Morgan fingerprint density at radius 3 is 0.529 bits per heavy atom. The molecule has 0 fully saturated rings. The molecule has 0 aromatic carbocycles. The molecule has 0 aliphatic rings. The van der Waals surface area contributed by atoms with Gasteiger partial charge < -0.3 is 25.7 Å². The van der Waals surface area contributed by atoms with Gasteiger partial charge in [0.15, 0.2) is 0 Å². The second kappa shape index (κ2) is 54.4. The van der Waals surface area contributed by atoms with Crippen LogP contribution in [-0.4, -0.2) is 0 Å². The van der Waals surface area contributed by atoms with Crippen LogP contribution in [-0.2, 0) is 21.7 Å². The Balaban J connectivity index is -0.0000000369. The molecule has 0 radical (unpaired) electrons. The van der Waals surface area contributed by atoms with Gasteiger partial charge in [-0.1, -0.05) is 27.7 Å². The summed E-state index contributed by atoms with van der Waals surface area (Å²) in [5, 5.41) is 0. The predicted octanol–water partition coefficient (Wildman–Crippen LogP) is 6.48. The first-order valence-electron chi connectivity index (χ1n) is 6.77. The van der Waals surface area contributed by atoms with E-state index in [4.69, 9.17) is 0 Å². The van der Waals surface area contributed by atoms with Crippen LogP contribution in [0.25, 0.3) is 0 Å². The second-order valence-corrected chi connectivity index (χ2v) is 3.27. The first kappa shape index (κ1) is 30.6. The van der Waals surface area contributed by atoms with Crippen molar-refractivity contribution in [2.75, 3.05) is 0 Å². The first-order chi connectivity index (χ1) is 7.66. The Bertz CT molecular complexity index is 29.5. The van der Waals surface area contributed by atoms with Crippen LogP contribution in [0.3, 0.4) is 0 Å². The van der Waals surface area contributed by atoms with Crippen molar-refractivity contribution in [3.63, 3.8) is 0 Å². The van der Waals surface area contributed by atoms with E-state index in [2.05, 4.69) is 81.1 Å². The summed E-state index contributed by atoms with van der Waals surface area (Å²) >= 11 is 0. The Labute approximate surface area is 128 Å². The molecular formula is C16H36Ti. The molecule has 0 rings (SSSR count). The summed E-state index contributed by atoms with van der Waals surface area (Å²) in [6, 6.07) is 0. The van der Waals surface area contributed by atoms with Gasteiger partial charge in [0.1, 0.15) is 0 Å². The fourth-order valence-corrected chi connectivity index (χ4v) is 0. The Kier molecular flexibility index (Phi) is 97.9. The molecule has 0 saturated heterocycles. The van der Waals surface area contributed by atoms with E-state index in [9.17, 15) is 0 Å². The Morgan fingerprint density at radius 1 is 0.471 bits per heavy atom. The molecule has 0 saturated carbocycles. The van der Waals surface area contributed by atoms with E-state index in [1.54, 1.807) is 0 Å². The summed E-state index contributed by atoms with van der Waals surface area (Å²) in [6.07, 6.45) is 13.3. The van der Waals surface area contributed by atoms with Gasteiger partial charge in [0.2, 0.25) is 0 Å². The Hall–Kier alpha value is 0.714. The average molecular weight is 276 g/mol. The van der Waals surface area contributed by atoms with Gasteiger partial charge in [0.05, 0.1) is 0 Å². The zero-order chi connectivity index (χ0) is 13.7. The third-order valence-corrected chi connectivity index (χ3v) is 1.63. The van der Waals surface area contributed by atoms with Crippen LogP contribution in [0.2, 0.25) is 0 Å². The number of hydrogen-bond donors (Lipinski definition) is 0. The van der Waals surface area contributed by atoms with E-state index in [1.165, 1.54) is 25.7 Å². The standard InChI is InChI=1S/4C4H9.Ti/c4*1-3-4-2;/h4*3H,4H2,1-2H3;/q4*-1;+4. The van der Waals surface area contributed by atoms with Gasteiger partial charge in [-0.05, 0) is 0 Å². The quantitative estimate of drug-likeness (QED) is 0.407. The van der Waals surface area contributed by atoms with Crippen molar-refractivity contribution in [2.24, 2.45) is 0 Å². The molecule has 0 heterocycles. The summed E-state index contributed by atoms with van der Waals surface area (Å²) in [5.41, 5.74) is 0. The van der Waals surface area contributed by atoms with Gasteiger partial charge in [-0.15, -0.1) is 0 Å². The van der Waals surface area contributed by atoms with Crippen molar-refractivity contribution in [3.8, 4) is 0 Å². The number of hydrogen-bond acceptors (Lipinski definition) is 0. The largest absolute Gasteiger partial charge is 4.00 e. The third kappa shape index (κ3) is 163. The summed E-state index contributed by atoms with van der Waals surface area (Å²) in [4.78, 5) is 0. The molecule has 0 unspecified atom stereocenters. The molecule has 1 heteroatoms. The fourth-order valence-electron chi connectivity index (χ4n) is 0. The number of unbranched alkanes of at least 4 members (excludes halogenated alkanes) is 4. The first-order valence-corrected chi connectivity index (χ1v) is 6.77. The smallest absolute Gasteiger partial charge is 0.332 e. The topological polar surface area (TPSA) is 0 Å². The van der Waals surface area contributed by atoms with E-state index in [0.29, 0.717) is 0 Å². The van der Waals surface area contributed by atoms with Gasteiger partial charge in [0.25, 0.3) is 0 Å². The summed E-state index contributed by atoms with van der Waals surface area (Å²) < 4.78 is 0. The van der Waals surface area contributed by atoms with Crippen molar-refractivity contribution >= 4 is 0 Å². The van der Waals surface area contributed by atoms with Crippen LogP contribution in [0.1, 0.15) is 81.1 Å². The molecule has 0 bridgehead atoms. The van der Waals surface area contributed by atoms with Gasteiger partial charge in [-0.2, -0.15) is 53.4 Å². The molecular weight excluding hydrogens is 240 g/mol. The molecule has 0 aromatic heterocycles. The third-order valence-electron chi connectivity index (χ3n) is 1.63. The van der Waals surface area contributed by atoms with Crippen molar-refractivity contribution in [1.82, 2.24) is 0 Å². The maximum atomic E-state index is 2.12. The fraction of sp³-hybridized carbons (Fsp3) is 0.750. The molecule has 0 aliphatic carbocycles. The second-order valence-electron chi connectivity index (χ2n) is 3.27. The van der Waals surface area contributed by atoms with Gasteiger partial charge in [0, 0.05) is 0 Å². The van der Waals surface area contributed by atoms with Gasteiger partial charge in [-0.25, -0.2) is 0 Å². The van der Waals surface area contributed by atoms with E-state index < -0.39 is 0 Å². The number of rotatable bonds is 4. The van der Waals surface area contributed by atoms with Crippen LogP contribution in [0, 0.1) is 25.7 Å². The van der Waals surface area contributed by atoms with Crippen molar-refractivity contribution in [2.45, 2.75) is 81.1 Å². The van der Waals surface area contributed by atoms with Crippen LogP contribution >= 0.6 is 0 Å². The molecule has 0 N–H and O–H groups in total.